The molecule has 1 unspecified atom stereocenters. The third-order valence-electron chi connectivity index (χ3n) is 6.44. The van der Waals surface area contributed by atoms with Crippen LogP contribution in [0.1, 0.15) is 27.7 Å². The molecule has 2 aromatic heterocycles. The van der Waals surface area contributed by atoms with Crippen molar-refractivity contribution in [3.8, 4) is 28.5 Å². The van der Waals surface area contributed by atoms with Crippen LogP contribution in [0.4, 0.5) is 10.1 Å². The lowest BCUT2D eigenvalue weighted by atomic mass is 9.99. The zero-order chi connectivity index (χ0) is 30.3. The van der Waals surface area contributed by atoms with Gasteiger partial charge in [0.15, 0.2) is 5.78 Å². The van der Waals surface area contributed by atoms with Crippen LogP contribution in [-0.2, 0) is 4.79 Å². The van der Waals surface area contributed by atoms with Gasteiger partial charge in [-0.1, -0.05) is 59.8 Å². The number of nitrogens with zero attached hydrogens (tertiary/aromatic N) is 2. The summed E-state index contributed by atoms with van der Waals surface area (Å²) in [4.78, 5) is 31.4. The van der Waals surface area contributed by atoms with Crippen molar-refractivity contribution < 1.29 is 14.0 Å². The molecule has 2 heterocycles. The summed E-state index contributed by atoms with van der Waals surface area (Å²) in [6.07, 6.45) is 3.29. The van der Waals surface area contributed by atoms with Gasteiger partial charge in [-0.2, -0.15) is 5.26 Å². The molecule has 0 spiro atoms. The summed E-state index contributed by atoms with van der Waals surface area (Å²) in [5, 5.41) is 15.1. The number of carbonyl (C=O) groups excluding carboxylic acids is 2. The van der Waals surface area contributed by atoms with Crippen LogP contribution in [0, 0.1) is 17.1 Å². The average Bonchev–Trinajstić information content (AvgIpc) is 3.54. The molecule has 212 valence electrons. The number of carbonyl (C=O) groups is 2. The lowest BCUT2D eigenvalue weighted by molar-refractivity contribution is -0.115. The number of nitriles is 1. The number of hydrogen-bond acceptors (Lipinski definition) is 6. The number of aromatic nitrogens is 1. The third kappa shape index (κ3) is 7.27. The summed E-state index contributed by atoms with van der Waals surface area (Å²) in [7, 11) is 0. The largest absolute Gasteiger partial charge is 0.325 e. The van der Waals surface area contributed by atoms with E-state index in [-0.39, 0.29) is 22.8 Å². The Morgan fingerprint density at radius 3 is 2.44 bits per heavy atom. The topological polar surface area (TPSA) is 82.8 Å². The van der Waals surface area contributed by atoms with Crippen molar-refractivity contribution in [3.63, 3.8) is 0 Å². The van der Waals surface area contributed by atoms with Crippen LogP contribution < -0.4 is 5.32 Å². The standard InChI is InChI=1S/C34H23ClFN3O2S2/c1-21(33(41)38-25-14-10-23(11-15-25)32(40)17-16-26-5-4-18-42-26)43-34-29(20-37)28(27-6-2-3-7-30(27)36)19-31(39-34)22-8-12-24(35)13-9-22/h2-19,21H,1H3,(H,38,41)/b17-16+. The number of ketones is 1. The van der Waals surface area contributed by atoms with E-state index in [0.717, 1.165) is 22.2 Å². The lowest BCUT2D eigenvalue weighted by Crippen LogP contribution is -2.22. The van der Waals surface area contributed by atoms with Crippen molar-refractivity contribution in [3.05, 3.63) is 129 Å². The Kier molecular flexibility index (Phi) is 9.48. The van der Waals surface area contributed by atoms with Crippen LogP contribution in [0.15, 0.2) is 107 Å². The molecule has 0 saturated carbocycles. The molecule has 1 amide bonds. The van der Waals surface area contributed by atoms with Crippen molar-refractivity contribution in [2.45, 2.75) is 17.2 Å². The Balaban J connectivity index is 1.38. The second-order valence-corrected chi connectivity index (χ2v) is 12.1. The molecule has 0 aliphatic rings. The monoisotopic (exact) mass is 623 g/mol. The highest BCUT2D eigenvalue weighted by molar-refractivity contribution is 8.00. The van der Waals surface area contributed by atoms with Crippen molar-refractivity contribution in [2.24, 2.45) is 0 Å². The Morgan fingerprint density at radius 1 is 1.02 bits per heavy atom. The zero-order valence-corrected chi connectivity index (χ0v) is 25.1. The summed E-state index contributed by atoms with van der Waals surface area (Å²) in [6.45, 7) is 1.70. The minimum absolute atomic E-state index is 0.142. The summed E-state index contributed by atoms with van der Waals surface area (Å²) in [6, 6.07) is 27.6. The SMILES string of the molecule is CC(Sc1nc(-c2ccc(Cl)cc2)cc(-c2ccccc2F)c1C#N)C(=O)Nc1ccc(C(=O)/C=C/c2cccs2)cc1. The number of anilines is 1. The van der Waals surface area contributed by atoms with Crippen LogP contribution in [0.25, 0.3) is 28.5 Å². The number of rotatable bonds is 9. The predicted molar refractivity (Wildman–Crippen MR) is 173 cm³/mol. The van der Waals surface area contributed by atoms with Gasteiger partial charge in [0.1, 0.15) is 16.9 Å². The molecule has 0 bridgehead atoms. The number of pyridine rings is 1. The Bertz CT molecular complexity index is 1850. The summed E-state index contributed by atoms with van der Waals surface area (Å²) >= 11 is 8.72. The van der Waals surface area contributed by atoms with Gasteiger partial charge < -0.3 is 5.32 Å². The van der Waals surface area contributed by atoms with Crippen LogP contribution in [0.3, 0.4) is 0 Å². The fourth-order valence-electron chi connectivity index (χ4n) is 4.20. The first-order valence-corrected chi connectivity index (χ1v) is 15.3. The maximum atomic E-state index is 14.9. The molecule has 0 fully saturated rings. The van der Waals surface area contributed by atoms with E-state index in [0.29, 0.717) is 32.6 Å². The average molecular weight is 624 g/mol. The molecular formula is C34H23ClFN3O2S2. The molecule has 9 heteroatoms. The zero-order valence-electron chi connectivity index (χ0n) is 22.8. The molecule has 43 heavy (non-hydrogen) atoms. The maximum absolute atomic E-state index is 14.9. The highest BCUT2D eigenvalue weighted by Crippen LogP contribution is 2.37. The van der Waals surface area contributed by atoms with Gasteiger partial charge in [-0.25, -0.2) is 9.37 Å². The number of thiophene rings is 1. The van der Waals surface area contributed by atoms with Gasteiger partial charge in [-0.15, -0.1) is 11.3 Å². The third-order valence-corrected chi connectivity index (χ3v) is 8.61. The van der Waals surface area contributed by atoms with Crippen LogP contribution in [0.5, 0.6) is 0 Å². The summed E-state index contributed by atoms with van der Waals surface area (Å²) < 4.78 is 14.9. The van der Waals surface area contributed by atoms with Crippen LogP contribution in [0.2, 0.25) is 5.02 Å². The molecule has 5 rings (SSSR count). The number of allylic oxidation sites excluding steroid dienone is 1. The van der Waals surface area contributed by atoms with E-state index in [1.54, 1.807) is 97.1 Å². The second kappa shape index (κ2) is 13.6. The number of halogens is 2. The molecule has 1 N–H and O–H groups in total. The van der Waals surface area contributed by atoms with E-state index < -0.39 is 11.1 Å². The lowest BCUT2D eigenvalue weighted by Gasteiger charge is -2.16. The van der Waals surface area contributed by atoms with Crippen molar-refractivity contribution >= 4 is 58.2 Å². The molecule has 0 radical (unpaired) electrons. The molecule has 0 aliphatic carbocycles. The van der Waals surface area contributed by atoms with Crippen molar-refractivity contribution in [1.82, 2.24) is 4.98 Å². The van der Waals surface area contributed by atoms with Crippen molar-refractivity contribution in [2.75, 3.05) is 5.32 Å². The number of nitrogens with one attached hydrogen (secondary N) is 1. The first-order valence-electron chi connectivity index (χ1n) is 13.1. The second-order valence-electron chi connectivity index (χ2n) is 9.37. The first-order chi connectivity index (χ1) is 20.8. The van der Waals surface area contributed by atoms with E-state index in [1.165, 1.54) is 12.1 Å². The van der Waals surface area contributed by atoms with E-state index in [1.807, 2.05) is 17.5 Å². The highest BCUT2D eigenvalue weighted by Gasteiger charge is 2.22. The number of benzene rings is 3. The van der Waals surface area contributed by atoms with Gasteiger partial charge in [0, 0.05) is 37.8 Å². The molecule has 0 aliphatic heterocycles. The van der Waals surface area contributed by atoms with Gasteiger partial charge in [0.05, 0.1) is 16.5 Å². The number of thioether (sulfide) groups is 1. The fraction of sp³-hybridized carbons (Fsp3) is 0.0588. The highest BCUT2D eigenvalue weighted by atomic mass is 35.5. The van der Waals surface area contributed by atoms with Gasteiger partial charge in [0.2, 0.25) is 5.91 Å². The Labute approximate surface area is 261 Å². The molecular weight excluding hydrogens is 601 g/mol. The van der Waals surface area contributed by atoms with Gasteiger partial charge in [-0.3, -0.25) is 9.59 Å². The number of hydrogen-bond donors (Lipinski definition) is 1. The van der Waals surface area contributed by atoms with E-state index in [4.69, 9.17) is 16.6 Å². The van der Waals surface area contributed by atoms with Crippen LogP contribution in [-0.4, -0.2) is 21.9 Å². The predicted octanol–water partition coefficient (Wildman–Crippen LogP) is 9.16. The smallest absolute Gasteiger partial charge is 0.237 e. The first kappa shape index (κ1) is 29.9. The maximum Gasteiger partial charge on any atom is 0.237 e. The summed E-state index contributed by atoms with van der Waals surface area (Å²) in [5.41, 5.74) is 3.07. The molecule has 1 atom stereocenters. The van der Waals surface area contributed by atoms with E-state index >= 15 is 0 Å². The molecule has 5 nitrogen and oxygen atoms in total. The Morgan fingerprint density at radius 2 is 1.77 bits per heavy atom. The Hall–Kier alpha value is -4.55. The normalized spacial score (nSPS) is 11.7. The van der Waals surface area contributed by atoms with Gasteiger partial charge in [-0.05, 0) is 79.1 Å². The molecule has 3 aromatic carbocycles. The van der Waals surface area contributed by atoms with E-state index in [2.05, 4.69) is 11.4 Å². The van der Waals surface area contributed by atoms with Crippen molar-refractivity contribution in [1.29, 1.82) is 5.26 Å². The van der Waals surface area contributed by atoms with Gasteiger partial charge in [0.25, 0.3) is 0 Å². The van der Waals surface area contributed by atoms with E-state index in [9.17, 15) is 19.2 Å². The summed E-state index contributed by atoms with van der Waals surface area (Å²) in [5.74, 6) is -0.939. The minimum Gasteiger partial charge on any atom is -0.325 e. The molecule has 0 saturated heterocycles. The quantitative estimate of drug-likeness (QED) is 0.101. The van der Waals surface area contributed by atoms with Crippen LogP contribution >= 0.6 is 34.7 Å². The van der Waals surface area contributed by atoms with Gasteiger partial charge >= 0.3 is 0 Å². The molecule has 5 aromatic rings. The minimum atomic E-state index is -0.663. The fourth-order valence-corrected chi connectivity index (χ4v) is 5.87. The number of amides is 1.